The zero-order chi connectivity index (χ0) is 13.7. The fourth-order valence-corrected chi connectivity index (χ4v) is 2.49. The van der Waals surface area contributed by atoms with E-state index in [0.717, 1.165) is 41.4 Å². The smallest absolute Gasteiger partial charge is 0.163 e. The summed E-state index contributed by atoms with van der Waals surface area (Å²) in [5.74, 6) is 8.63. The normalized spacial score (nSPS) is 11.1. The molecular weight excluding hydrogens is 264 g/mol. The van der Waals surface area contributed by atoms with Crippen molar-refractivity contribution < 1.29 is 4.74 Å². The van der Waals surface area contributed by atoms with Crippen LogP contribution in [0.15, 0.2) is 6.20 Å². The Hall–Kier alpha value is -1.38. The second-order valence-electron chi connectivity index (χ2n) is 4.04. The lowest BCUT2D eigenvalue weighted by molar-refractivity contribution is 0.200. The van der Waals surface area contributed by atoms with E-state index in [1.165, 1.54) is 0 Å². The van der Waals surface area contributed by atoms with Crippen LogP contribution in [-0.2, 0) is 17.5 Å². The number of nitrogen functional groups attached to an aromatic ring is 1. The second-order valence-corrected chi connectivity index (χ2v) is 5.14. The van der Waals surface area contributed by atoms with Crippen LogP contribution in [0.4, 0.5) is 5.82 Å². The molecule has 0 atom stereocenters. The molecule has 2 heterocycles. The molecule has 104 valence electrons. The first-order valence-corrected chi connectivity index (χ1v) is 7.13. The number of anilines is 1. The molecule has 0 saturated heterocycles. The van der Waals surface area contributed by atoms with E-state index in [9.17, 15) is 0 Å². The number of thioether (sulfide) groups is 1. The maximum absolute atomic E-state index is 5.49. The first-order chi connectivity index (χ1) is 9.26. The predicted molar refractivity (Wildman–Crippen MR) is 76.8 cm³/mol. The molecule has 0 aliphatic rings. The van der Waals surface area contributed by atoms with Crippen molar-refractivity contribution in [3.8, 4) is 0 Å². The average Bonchev–Trinajstić information content (AvgIpc) is 2.80. The Morgan fingerprint density at radius 1 is 1.47 bits per heavy atom. The molecule has 0 unspecified atom stereocenters. The highest BCUT2D eigenvalue weighted by Gasteiger charge is 2.10. The lowest BCUT2D eigenvalue weighted by atomic mass is 10.4. The minimum absolute atomic E-state index is 0.616. The minimum Gasteiger partial charge on any atom is -0.385 e. The molecule has 2 aromatic heterocycles. The molecule has 0 aliphatic heterocycles. The highest BCUT2D eigenvalue weighted by atomic mass is 32.2. The van der Waals surface area contributed by atoms with Gasteiger partial charge in [0.1, 0.15) is 5.82 Å². The summed E-state index contributed by atoms with van der Waals surface area (Å²) in [5.41, 5.74) is 3.39. The number of hydrazine groups is 1. The van der Waals surface area contributed by atoms with Crippen molar-refractivity contribution in [2.45, 2.75) is 12.2 Å². The molecule has 0 amide bonds. The first kappa shape index (κ1) is 14.0. The predicted octanol–water partition coefficient (Wildman–Crippen LogP) is 0.919. The van der Waals surface area contributed by atoms with Gasteiger partial charge in [0.25, 0.3) is 0 Å². The van der Waals surface area contributed by atoms with Gasteiger partial charge in [-0.05, 0) is 12.2 Å². The van der Waals surface area contributed by atoms with E-state index in [1.54, 1.807) is 29.8 Å². The summed E-state index contributed by atoms with van der Waals surface area (Å²) in [6, 6.07) is 0. The highest BCUT2D eigenvalue weighted by Crippen LogP contribution is 2.20. The second kappa shape index (κ2) is 6.69. The molecule has 0 bridgehead atoms. The Balaban J connectivity index is 2.08. The fraction of sp³-hybridized carbons (Fsp3) is 0.545. The standard InChI is InChI=1S/C11H18N6OS/c1-17-11-8(6-13-17)10(16-12)14-9(15-11)7-19-5-3-4-18-2/h6H,3-5,7,12H2,1-2H3,(H,14,15,16). The van der Waals surface area contributed by atoms with Gasteiger partial charge in [0.15, 0.2) is 11.5 Å². The largest absolute Gasteiger partial charge is 0.385 e. The quantitative estimate of drug-likeness (QED) is 0.443. The molecule has 0 aromatic carbocycles. The van der Waals surface area contributed by atoms with E-state index in [2.05, 4.69) is 20.5 Å². The molecule has 8 heteroatoms. The molecule has 2 aromatic rings. The van der Waals surface area contributed by atoms with E-state index >= 15 is 0 Å². The van der Waals surface area contributed by atoms with Crippen LogP contribution < -0.4 is 11.3 Å². The number of methoxy groups -OCH3 is 1. The Bertz CT molecular complexity index is 543. The minimum atomic E-state index is 0.616. The van der Waals surface area contributed by atoms with E-state index in [0.29, 0.717) is 5.82 Å². The van der Waals surface area contributed by atoms with Gasteiger partial charge in [0.2, 0.25) is 0 Å². The summed E-state index contributed by atoms with van der Waals surface area (Å²) >= 11 is 1.78. The average molecular weight is 282 g/mol. The van der Waals surface area contributed by atoms with Crippen LogP contribution in [0.25, 0.3) is 11.0 Å². The topological polar surface area (TPSA) is 90.9 Å². The third-order valence-electron chi connectivity index (χ3n) is 2.64. The number of ether oxygens (including phenoxy) is 1. The summed E-state index contributed by atoms with van der Waals surface area (Å²) in [4.78, 5) is 8.90. The maximum atomic E-state index is 5.49. The molecular formula is C11H18N6OS. The molecule has 0 radical (unpaired) electrons. The van der Waals surface area contributed by atoms with E-state index in [-0.39, 0.29) is 0 Å². The Morgan fingerprint density at radius 3 is 3.05 bits per heavy atom. The zero-order valence-electron chi connectivity index (χ0n) is 11.1. The van der Waals surface area contributed by atoms with Gasteiger partial charge in [0, 0.05) is 20.8 Å². The first-order valence-electron chi connectivity index (χ1n) is 5.98. The molecule has 0 saturated carbocycles. The van der Waals surface area contributed by atoms with Gasteiger partial charge in [0.05, 0.1) is 17.3 Å². The number of fused-ring (bicyclic) bond motifs is 1. The number of hydrogen-bond donors (Lipinski definition) is 2. The summed E-state index contributed by atoms with van der Waals surface area (Å²) in [5, 5.41) is 4.99. The number of nitrogens with two attached hydrogens (primary N) is 1. The number of nitrogens with zero attached hydrogens (tertiary/aromatic N) is 4. The number of aryl methyl sites for hydroxylation is 1. The van der Waals surface area contributed by atoms with Gasteiger partial charge in [-0.15, -0.1) is 0 Å². The van der Waals surface area contributed by atoms with Crippen LogP contribution >= 0.6 is 11.8 Å². The van der Waals surface area contributed by atoms with Crippen LogP contribution in [-0.4, -0.2) is 39.2 Å². The van der Waals surface area contributed by atoms with Crippen LogP contribution in [0.1, 0.15) is 12.2 Å². The van der Waals surface area contributed by atoms with Gasteiger partial charge in [-0.25, -0.2) is 15.8 Å². The van der Waals surface area contributed by atoms with Crippen molar-refractivity contribution in [2.24, 2.45) is 12.9 Å². The van der Waals surface area contributed by atoms with Crippen LogP contribution in [0, 0.1) is 0 Å². The SMILES string of the molecule is COCCCSCc1nc(NN)c2cnn(C)c2n1. The van der Waals surface area contributed by atoms with Gasteiger partial charge < -0.3 is 10.2 Å². The van der Waals surface area contributed by atoms with Crippen LogP contribution in [0.5, 0.6) is 0 Å². The molecule has 3 N–H and O–H groups in total. The molecule has 2 rings (SSSR count). The lowest BCUT2D eigenvalue weighted by Gasteiger charge is -2.05. The van der Waals surface area contributed by atoms with Gasteiger partial charge in [-0.1, -0.05) is 0 Å². The summed E-state index contributed by atoms with van der Waals surface area (Å²) < 4.78 is 6.73. The Morgan fingerprint density at radius 2 is 2.32 bits per heavy atom. The maximum Gasteiger partial charge on any atom is 0.163 e. The Labute approximate surface area is 115 Å². The number of nitrogens with one attached hydrogen (secondary N) is 1. The van der Waals surface area contributed by atoms with Gasteiger partial charge >= 0.3 is 0 Å². The van der Waals surface area contributed by atoms with Crippen molar-refractivity contribution in [3.05, 3.63) is 12.0 Å². The number of rotatable bonds is 7. The molecule has 0 aliphatic carbocycles. The van der Waals surface area contributed by atoms with E-state index < -0.39 is 0 Å². The van der Waals surface area contributed by atoms with Crippen molar-refractivity contribution in [1.82, 2.24) is 19.7 Å². The molecule has 0 spiro atoms. The third-order valence-corrected chi connectivity index (χ3v) is 3.68. The zero-order valence-corrected chi connectivity index (χ0v) is 11.9. The molecule has 0 fully saturated rings. The fourth-order valence-electron chi connectivity index (χ4n) is 1.71. The summed E-state index contributed by atoms with van der Waals surface area (Å²) in [6.07, 6.45) is 2.73. The van der Waals surface area contributed by atoms with E-state index in [4.69, 9.17) is 10.6 Å². The van der Waals surface area contributed by atoms with Gasteiger partial charge in [-0.3, -0.25) is 4.68 Å². The number of hydrogen-bond acceptors (Lipinski definition) is 7. The summed E-state index contributed by atoms with van der Waals surface area (Å²) in [7, 11) is 3.56. The lowest BCUT2D eigenvalue weighted by Crippen LogP contribution is -2.11. The van der Waals surface area contributed by atoms with Crippen molar-refractivity contribution in [1.29, 1.82) is 0 Å². The summed E-state index contributed by atoms with van der Waals surface area (Å²) in [6.45, 7) is 0.782. The Kier molecular flexibility index (Phi) is 4.94. The van der Waals surface area contributed by atoms with Crippen LogP contribution in [0.3, 0.4) is 0 Å². The molecule has 7 nitrogen and oxygen atoms in total. The third kappa shape index (κ3) is 3.34. The monoisotopic (exact) mass is 282 g/mol. The van der Waals surface area contributed by atoms with Crippen molar-refractivity contribution in [2.75, 3.05) is 24.9 Å². The van der Waals surface area contributed by atoms with Gasteiger partial charge in [-0.2, -0.15) is 16.9 Å². The van der Waals surface area contributed by atoms with Crippen LogP contribution in [0.2, 0.25) is 0 Å². The molecule has 19 heavy (non-hydrogen) atoms. The number of aromatic nitrogens is 4. The van der Waals surface area contributed by atoms with Crippen molar-refractivity contribution >= 4 is 28.6 Å². The van der Waals surface area contributed by atoms with Crippen molar-refractivity contribution in [3.63, 3.8) is 0 Å². The van der Waals surface area contributed by atoms with E-state index in [1.807, 2.05) is 7.05 Å². The highest BCUT2D eigenvalue weighted by molar-refractivity contribution is 7.98.